The average Bonchev–Trinajstić information content (AvgIpc) is 3.23. The van der Waals surface area contributed by atoms with E-state index >= 15 is 0 Å². The number of hydrogen-bond donors (Lipinski definition) is 4. The number of para-hydroxylation sites is 1. The van der Waals surface area contributed by atoms with Gasteiger partial charge in [0.15, 0.2) is 0 Å². The van der Waals surface area contributed by atoms with E-state index in [0.717, 1.165) is 15.7 Å². The number of benzene rings is 2. The zero-order valence-electron chi connectivity index (χ0n) is 15.6. The minimum Gasteiger partial charge on any atom is -0.508 e. The molecule has 2 aromatic rings. The Morgan fingerprint density at radius 2 is 1.82 bits per heavy atom. The van der Waals surface area contributed by atoms with Gasteiger partial charge in [-0.05, 0) is 30.3 Å². The van der Waals surface area contributed by atoms with Gasteiger partial charge in [-0.2, -0.15) is 0 Å². The lowest BCUT2D eigenvalue weighted by molar-refractivity contribution is -0.115. The third-order valence-electron chi connectivity index (χ3n) is 5.45. The SMILES string of the molecule is CC(C)(CO)C1NNC2=C1C(c1ccccc1O)N(c1ccc(Br)cc1)C2=O. The molecule has 0 fully saturated rings. The molecule has 4 N–H and O–H groups in total. The number of amides is 1. The molecule has 0 spiro atoms. The summed E-state index contributed by atoms with van der Waals surface area (Å²) in [6, 6.07) is 13.8. The van der Waals surface area contributed by atoms with Gasteiger partial charge in [0.1, 0.15) is 11.4 Å². The topological polar surface area (TPSA) is 84.8 Å². The van der Waals surface area contributed by atoms with E-state index in [0.29, 0.717) is 11.3 Å². The monoisotopic (exact) mass is 443 g/mol. The Bertz CT molecular complexity index is 956. The molecule has 0 aliphatic carbocycles. The van der Waals surface area contributed by atoms with Crippen LogP contribution in [0.3, 0.4) is 0 Å². The lowest BCUT2D eigenvalue weighted by Gasteiger charge is -2.36. The van der Waals surface area contributed by atoms with Gasteiger partial charge in [-0.3, -0.25) is 9.69 Å². The predicted octanol–water partition coefficient (Wildman–Crippen LogP) is 2.99. The quantitative estimate of drug-likeness (QED) is 0.583. The maximum absolute atomic E-state index is 13.3. The number of anilines is 1. The van der Waals surface area contributed by atoms with Gasteiger partial charge in [0.25, 0.3) is 5.91 Å². The highest BCUT2D eigenvalue weighted by Crippen LogP contribution is 2.48. The third-order valence-corrected chi connectivity index (χ3v) is 5.98. The van der Waals surface area contributed by atoms with Crippen molar-refractivity contribution in [3.8, 4) is 5.75 Å². The van der Waals surface area contributed by atoms with Crippen LogP contribution in [0.5, 0.6) is 5.75 Å². The van der Waals surface area contributed by atoms with Crippen molar-refractivity contribution in [1.29, 1.82) is 0 Å². The van der Waals surface area contributed by atoms with E-state index in [4.69, 9.17) is 0 Å². The van der Waals surface area contributed by atoms with Gasteiger partial charge in [0.2, 0.25) is 0 Å². The van der Waals surface area contributed by atoms with Crippen molar-refractivity contribution in [2.45, 2.75) is 25.9 Å². The Morgan fingerprint density at radius 3 is 2.46 bits per heavy atom. The molecule has 2 aromatic carbocycles. The minimum atomic E-state index is -0.511. The standard InChI is InChI=1S/C21H22BrN3O3/c1-21(2,11-26)19-16-17(23-24-19)20(28)25(13-9-7-12(22)8-10-13)18(16)14-5-3-4-6-15(14)27/h3-10,18-19,23-24,26-27H,11H2,1-2H3. The van der Waals surface area contributed by atoms with Gasteiger partial charge in [0, 0.05) is 26.7 Å². The summed E-state index contributed by atoms with van der Waals surface area (Å²) in [5, 5.41) is 20.5. The summed E-state index contributed by atoms with van der Waals surface area (Å²) in [6.07, 6.45) is 0. The molecule has 146 valence electrons. The first kappa shape index (κ1) is 19.0. The zero-order valence-corrected chi connectivity index (χ0v) is 17.2. The number of hydrazine groups is 1. The number of aliphatic hydroxyl groups excluding tert-OH is 1. The lowest BCUT2D eigenvalue weighted by Crippen LogP contribution is -2.49. The molecule has 2 aliphatic rings. The van der Waals surface area contributed by atoms with Crippen LogP contribution in [0, 0.1) is 5.41 Å². The van der Waals surface area contributed by atoms with Crippen LogP contribution in [0.15, 0.2) is 64.3 Å². The van der Waals surface area contributed by atoms with Crippen molar-refractivity contribution in [3.63, 3.8) is 0 Å². The lowest BCUT2D eigenvalue weighted by atomic mass is 9.78. The Balaban J connectivity index is 1.89. The molecule has 6 nitrogen and oxygen atoms in total. The maximum Gasteiger partial charge on any atom is 0.276 e. The van der Waals surface area contributed by atoms with Crippen LogP contribution in [-0.4, -0.2) is 28.8 Å². The fourth-order valence-electron chi connectivity index (χ4n) is 3.89. The summed E-state index contributed by atoms with van der Waals surface area (Å²) in [6.45, 7) is 3.83. The molecular weight excluding hydrogens is 422 g/mol. The normalized spacial score (nSPS) is 21.9. The molecule has 0 saturated heterocycles. The number of aliphatic hydroxyl groups is 1. The fraction of sp³-hybridized carbons (Fsp3) is 0.286. The van der Waals surface area contributed by atoms with E-state index in [2.05, 4.69) is 26.8 Å². The number of carbonyl (C=O) groups excluding carboxylic acids is 1. The molecule has 4 rings (SSSR count). The van der Waals surface area contributed by atoms with Crippen molar-refractivity contribution in [2.75, 3.05) is 11.5 Å². The van der Waals surface area contributed by atoms with Gasteiger partial charge < -0.3 is 15.6 Å². The number of rotatable bonds is 4. The van der Waals surface area contributed by atoms with Crippen LogP contribution in [-0.2, 0) is 4.79 Å². The first-order valence-corrected chi connectivity index (χ1v) is 9.88. The van der Waals surface area contributed by atoms with E-state index in [1.165, 1.54) is 0 Å². The highest BCUT2D eigenvalue weighted by Gasteiger charge is 2.51. The number of carbonyl (C=O) groups is 1. The molecule has 2 heterocycles. The van der Waals surface area contributed by atoms with Crippen LogP contribution < -0.4 is 15.8 Å². The summed E-state index contributed by atoms with van der Waals surface area (Å²) in [7, 11) is 0. The molecule has 1 amide bonds. The number of hydrogen-bond acceptors (Lipinski definition) is 5. The van der Waals surface area contributed by atoms with Gasteiger partial charge in [-0.25, -0.2) is 5.43 Å². The molecule has 2 unspecified atom stereocenters. The van der Waals surface area contributed by atoms with Gasteiger partial charge in [-0.1, -0.05) is 48.0 Å². The second-order valence-corrected chi connectivity index (χ2v) is 8.71. The molecule has 2 atom stereocenters. The average molecular weight is 444 g/mol. The minimum absolute atomic E-state index is 0.0525. The smallest absolute Gasteiger partial charge is 0.276 e. The van der Waals surface area contributed by atoms with Crippen molar-refractivity contribution >= 4 is 27.5 Å². The van der Waals surface area contributed by atoms with E-state index in [1.807, 2.05) is 50.2 Å². The van der Waals surface area contributed by atoms with Gasteiger partial charge >= 0.3 is 0 Å². The van der Waals surface area contributed by atoms with Crippen LogP contribution >= 0.6 is 15.9 Å². The van der Waals surface area contributed by atoms with E-state index < -0.39 is 11.5 Å². The van der Waals surface area contributed by atoms with Crippen molar-refractivity contribution in [3.05, 3.63) is 69.8 Å². The van der Waals surface area contributed by atoms with Gasteiger partial charge in [-0.15, -0.1) is 0 Å². The number of phenolic OH excluding ortho intramolecular Hbond substituents is 1. The van der Waals surface area contributed by atoms with E-state index in [-0.39, 0.29) is 24.3 Å². The van der Waals surface area contributed by atoms with Crippen LogP contribution in [0.1, 0.15) is 25.5 Å². The molecule has 0 aromatic heterocycles. The maximum atomic E-state index is 13.3. The zero-order chi connectivity index (χ0) is 20.1. The van der Waals surface area contributed by atoms with Crippen molar-refractivity contribution in [1.82, 2.24) is 10.9 Å². The fourth-order valence-corrected chi connectivity index (χ4v) is 4.15. The third kappa shape index (κ3) is 2.90. The number of aromatic hydroxyl groups is 1. The Morgan fingerprint density at radius 1 is 1.14 bits per heavy atom. The number of nitrogens with zero attached hydrogens (tertiary/aromatic N) is 1. The van der Waals surface area contributed by atoms with Crippen LogP contribution in [0.25, 0.3) is 0 Å². The van der Waals surface area contributed by atoms with Crippen LogP contribution in [0.2, 0.25) is 0 Å². The van der Waals surface area contributed by atoms with Crippen molar-refractivity contribution in [2.24, 2.45) is 5.41 Å². The summed E-state index contributed by atoms with van der Waals surface area (Å²) >= 11 is 3.43. The second kappa shape index (κ2) is 6.92. The molecule has 2 aliphatic heterocycles. The summed E-state index contributed by atoms with van der Waals surface area (Å²) in [4.78, 5) is 15.0. The van der Waals surface area contributed by atoms with E-state index in [9.17, 15) is 15.0 Å². The highest BCUT2D eigenvalue weighted by atomic mass is 79.9. The molecule has 0 bridgehead atoms. The number of halogens is 1. The second-order valence-electron chi connectivity index (χ2n) is 7.79. The Kier molecular flexibility index (Phi) is 4.69. The molecule has 28 heavy (non-hydrogen) atoms. The summed E-state index contributed by atoms with van der Waals surface area (Å²) in [5.74, 6) is -0.0436. The largest absolute Gasteiger partial charge is 0.508 e. The molecular formula is C21H22BrN3O3. The Labute approximate surface area is 172 Å². The van der Waals surface area contributed by atoms with E-state index in [1.54, 1.807) is 17.0 Å². The summed E-state index contributed by atoms with van der Waals surface area (Å²) < 4.78 is 0.918. The Hall–Kier alpha value is -2.35. The molecule has 7 heteroatoms. The first-order valence-electron chi connectivity index (χ1n) is 9.08. The van der Waals surface area contributed by atoms with Crippen LogP contribution in [0.4, 0.5) is 5.69 Å². The van der Waals surface area contributed by atoms with Gasteiger partial charge in [0.05, 0.1) is 18.7 Å². The first-order chi connectivity index (χ1) is 13.3. The highest BCUT2D eigenvalue weighted by molar-refractivity contribution is 9.10. The molecule has 0 saturated carbocycles. The van der Waals surface area contributed by atoms with Crippen molar-refractivity contribution < 1.29 is 15.0 Å². The summed E-state index contributed by atoms with van der Waals surface area (Å²) in [5.41, 5.74) is 8.36. The number of phenols is 1. The molecule has 0 radical (unpaired) electrons. The number of nitrogens with one attached hydrogen (secondary N) is 2. The predicted molar refractivity (Wildman–Crippen MR) is 110 cm³/mol.